The van der Waals surface area contributed by atoms with Crippen molar-refractivity contribution in [1.82, 2.24) is 20.5 Å². The summed E-state index contributed by atoms with van der Waals surface area (Å²) >= 11 is 0. The molecule has 1 amide bonds. The van der Waals surface area contributed by atoms with Crippen LogP contribution in [0.3, 0.4) is 0 Å². The Labute approximate surface area is 104 Å². The highest BCUT2D eigenvalue weighted by Gasteiger charge is 2.39. The van der Waals surface area contributed by atoms with Crippen molar-refractivity contribution in [2.45, 2.75) is 18.4 Å². The lowest BCUT2D eigenvalue weighted by atomic mass is 10.1. The second-order valence-electron chi connectivity index (χ2n) is 4.38. The van der Waals surface area contributed by atoms with Gasteiger partial charge in [0.2, 0.25) is 11.8 Å². The SMILES string of the molecule is Nc1n[nH]c(C(=O)NC2CC2c2ccccc2)n1. The molecule has 6 heteroatoms. The Morgan fingerprint density at radius 1 is 1.39 bits per heavy atom. The van der Waals surface area contributed by atoms with Crippen LogP contribution in [-0.2, 0) is 0 Å². The molecule has 1 heterocycles. The first-order chi connectivity index (χ1) is 8.74. The zero-order valence-electron chi connectivity index (χ0n) is 9.63. The van der Waals surface area contributed by atoms with Gasteiger partial charge in [-0.1, -0.05) is 30.3 Å². The minimum Gasteiger partial charge on any atom is -0.366 e. The Morgan fingerprint density at radius 2 is 2.17 bits per heavy atom. The molecule has 1 fully saturated rings. The standard InChI is InChI=1S/C12H13N5O/c13-12-15-10(16-17-12)11(18)14-9-6-8(9)7-4-2-1-3-5-7/h1-5,8-9H,6H2,(H,14,18)(H3,13,15,16,17). The molecule has 0 radical (unpaired) electrons. The van der Waals surface area contributed by atoms with Crippen LogP contribution in [0.5, 0.6) is 0 Å². The number of aromatic nitrogens is 3. The van der Waals surface area contributed by atoms with Crippen LogP contribution in [0.4, 0.5) is 5.95 Å². The third-order valence-corrected chi connectivity index (χ3v) is 3.05. The molecular formula is C12H13N5O. The van der Waals surface area contributed by atoms with Gasteiger partial charge in [0.05, 0.1) is 0 Å². The van der Waals surface area contributed by atoms with Crippen molar-refractivity contribution >= 4 is 11.9 Å². The van der Waals surface area contributed by atoms with E-state index >= 15 is 0 Å². The topological polar surface area (TPSA) is 96.7 Å². The molecule has 1 aliphatic rings. The predicted octanol–water partition coefficient (Wildman–Crippen LogP) is 0.673. The van der Waals surface area contributed by atoms with Crippen molar-refractivity contribution in [3.8, 4) is 0 Å². The van der Waals surface area contributed by atoms with Crippen molar-refractivity contribution in [2.24, 2.45) is 0 Å². The van der Waals surface area contributed by atoms with E-state index in [1.165, 1.54) is 5.56 Å². The number of H-pyrrole nitrogens is 1. The fourth-order valence-electron chi connectivity index (χ4n) is 2.04. The summed E-state index contributed by atoms with van der Waals surface area (Å²) in [4.78, 5) is 15.6. The number of nitrogens with two attached hydrogens (primary N) is 1. The number of carbonyl (C=O) groups excluding carboxylic acids is 1. The molecule has 1 aromatic carbocycles. The van der Waals surface area contributed by atoms with Crippen LogP contribution in [0.2, 0.25) is 0 Å². The number of hydrogen-bond donors (Lipinski definition) is 3. The largest absolute Gasteiger partial charge is 0.366 e. The number of amides is 1. The van der Waals surface area contributed by atoms with Gasteiger partial charge in [0.25, 0.3) is 5.91 Å². The Balaban J connectivity index is 1.62. The summed E-state index contributed by atoms with van der Waals surface area (Å²) in [5.41, 5.74) is 6.60. The highest BCUT2D eigenvalue weighted by molar-refractivity contribution is 5.91. The lowest BCUT2D eigenvalue weighted by Crippen LogP contribution is -2.27. The Hall–Kier alpha value is -2.37. The summed E-state index contributed by atoms with van der Waals surface area (Å²) in [6, 6.07) is 10.3. The lowest BCUT2D eigenvalue weighted by molar-refractivity contribution is 0.0940. The van der Waals surface area contributed by atoms with Crippen LogP contribution in [-0.4, -0.2) is 27.1 Å². The van der Waals surface area contributed by atoms with Crippen molar-refractivity contribution in [3.05, 3.63) is 41.7 Å². The van der Waals surface area contributed by atoms with Gasteiger partial charge in [0.1, 0.15) is 0 Å². The van der Waals surface area contributed by atoms with Gasteiger partial charge in [-0.25, -0.2) is 0 Å². The van der Waals surface area contributed by atoms with Crippen LogP contribution < -0.4 is 11.1 Å². The number of benzene rings is 1. The molecule has 0 spiro atoms. The van der Waals surface area contributed by atoms with E-state index in [0.717, 1.165) is 6.42 Å². The molecule has 92 valence electrons. The first-order valence-corrected chi connectivity index (χ1v) is 5.78. The minimum absolute atomic E-state index is 0.0792. The normalized spacial score (nSPS) is 21.6. The maximum Gasteiger partial charge on any atom is 0.288 e. The highest BCUT2D eigenvalue weighted by Crippen LogP contribution is 2.40. The van der Waals surface area contributed by atoms with Crippen molar-refractivity contribution < 1.29 is 4.79 Å². The molecule has 1 aliphatic carbocycles. The molecule has 0 aliphatic heterocycles. The van der Waals surface area contributed by atoms with Crippen LogP contribution in [0.25, 0.3) is 0 Å². The van der Waals surface area contributed by atoms with E-state index in [1.54, 1.807) is 0 Å². The number of hydrogen-bond acceptors (Lipinski definition) is 4. The number of rotatable bonds is 3. The van der Waals surface area contributed by atoms with E-state index in [4.69, 9.17) is 5.73 Å². The molecule has 18 heavy (non-hydrogen) atoms. The molecule has 0 bridgehead atoms. The van der Waals surface area contributed by atoms with E-state index < -0.39 is 0 Å². The van der Waals surface area contributed by atoms with E-state index in [0.29, 0.717) is 5.92 Å². The van der Waals surface area contributed by atoms with Crippen LogP contribution >= 0.6 is 0 Å². The molecule has 2 unspecified atom stereocenters. The molecular weight excluding hydrogens is 230 g/mol. The molecule has 0 saturated heterocycles. The molecule has 1 saturated carbocycles. The van der Waals surface area contributed by atoms with E-state index in [-0.39, 0.29) is 23.7 Å². The molecule has 2 atom stereocenters. The number of aromatic amines is 1. The zero-order valence-corrected chi connectivity index (χ0v) is 9.63. The van der Waals surface area contributed by atoms with Gasteiger partial charge in [-0.05, 0) is 12.0 Å². The fraction of sp³-hybridized carbons (Fsp3) is 0.250. The number of nitrogens with zero attached hydrogens (tertiary/aromatic N) is 2. The minimum atomic E-state index is -0.261. The average molecular weight is 243 g/mol. The van der Waals surface area contributed by atoms with Gasteiger partial charge in [-0.2, -0.15) is 4.98 Å². The van der Waals surface area contributed by atoms with Gasteiger partial charge >= 0.3 is 0 Å². The van der Waals surface area contributed by atoms with Gasteiger partial charge in [0, 0.05) is 12.0 Å². The van der Waals surface area contributed by atoms with E-state index in [1.807, 2.05) is 18.2 Å². The van der Waals surface area contributed by atoms with Crippen LogP contribution in [0, 0.1) is 0 Å². The second-order valence-corrected chi connectivity index (χ2v) is 4.38. The number of nitrogens with one attached hydrogen (secondary N) is 2. The van der Waals surface area contributed by atoms with Gasteiger partial charge in [-0.3, -0.25) is 9.89 Å². The van der Waals surface area contributed by atoms with Crippen LogP contribution in [0.15, 0.2) is 30.3 Å². The average Bonchev–Trinajstić information content (AvgIpc) is 3.01. The summed E-state index contributed by atoms with van der Waals surface area (Å²) < 4.78 is 0. The molecule has 6 nitrogen and oxygen atoms in total. The fourth-order valence-corrected chi connectivity index (χ4v) is 2.04. The molecule has 2 aromatic rings. The number of anilines is 1. The summed E-state index contributed by atoms with van der Waals surface area (Å²) in [6.45, 7) is 0. The number of carbonyl (C=O) groups is 1. The Kier molecular flexibility index (Phi) is 2.47. The van der Waals surface area contributed by atoms with Gasteiger partial charge < -0.3 is 11.1 Å². The van der Waals surface area contributed by atoms with Gasteiger partial charge in [-0.15, -0.1) is 5.10 Å². The molecule has 1 aromatic heterocycles. The first kappa shape index (κ1) is 10.8. The van der Waals surface area contributed by atoms with Gasteiger partial charge in [0.15, 0.2) is 0 Å². The quantitative estimate of drug-likeness (QED) is 0.738. The first-order valence-electron chi connectivity index (χ1n) is 5.78. The monoisotopic (exact) mass is 243 g/mol. The summed E-state index contributed by atoms with van der Waals surface area (Å²) in [6.07, 6.45) is 0.958. The Bertz CT molecular complexity index is 565. The summed E-state index contributed by atoms with van der Waals surface area (Å²) in [5.74, 6) is 0.375. The van der Waals surface area contributed by atoms with Crippen LogP contribution in [0.1, 0.15) is 28.5 Å². The highest BCUT2D eigenvalue weighted by atomic mass is 16.2. The smallest absolute Gasteiger partial charge is 0.288 e. The summed E-state index contributed by atoms with van der Waals surface area (Å²) in [5, 5.41) is 9.02. The third kappa shape index (κ3) is 2.04. The van der Waals surface area contributed by atoms with Crippen molar-refractivity contribution in [1.29, 1.82) is 0 Å². The van der Waals surface area contributed by atoms with Crippen molar-refractivity contribution in [2.75, 3.05) is 5.73 Å². The predicted molar refractivity (Wildman–Crippen MR) is 65.8 cm³/mol. The van der Waals surface area contributed by atoms with Crippen molar-refractivity contribution in [3.63, 3.8) is 0 Å². The third-order valence-electron chi connectivity index (χ3n) is 3.05. The molecule has 4 N–H and O–H groups in total. The second kappa shape index (κ2) is 4.14. The van der Waals surface area contributed by atoms with E-state index in [2.05, 4.69) is 32.6 Å². The zero-order chi connectivity index (χ0) is 12.5. The van der Waals surface area contributed by atoms with E-state index in [9.17, 15) is 4.79 Å². The number of nitrogen functional groups attached to an aromatic ring is 1. The maximum atomic E-state index is 11.8. The lowest BCUT2D eigenvalue weighted by Gasteiger charge is -2.02. The maximum absolute atomic E-state index is 11.8. The summed E-state index contributed by atoms with van der Waals surface area (Å²) in [7, 11) is 0. The molecule has 3 rings (SSSR count). The Morgan fingerprint density at radius 3 is 2.83 bits per heavy atom.